The number of hydrogen-bond donors (Lipinski definition) is 0. The number of alkyl halides is 3. The smallest absolute Gasteiger partial charge is 0.416 e. The Morgan fingerprint density at radius 3 is 2.59 bits per heavy atom. The molecule has 0 radical (unpaired) electrons. The molecule has 0 aromatic heterocycles. The number of ether oxygens (including phenoxy) is 1. The van der Waals surface area contributed by atoms with Crippen LogP contribution in [-0.2, 0) is 11.0 Å². The Labute approximate surface area is 135 Å². The molecule has 1 aromatic rings. The summed E-state index contributed by atoms with van der Waals surface area (Å²) in [4.78, 5) is 13.7. The number of piperidine rings is 1. The summed E-state index contributed by atoms with van der Waals surface area (Å²) in [6.45, 7) is 3.23. The summed E-state index contributed by atoms with van der Waals surface area (Å²) in [7, 11) is 0. The van der Waals surface area contributed by atoms with Crippen LogP contribution in [0.3, 0.4) is 0 Å². The highest BCUT2D eigenvalue weighted by Gasteiger charge is 2.31. The topological polar surface area (TPSA) is 29.5 Å². The molecule has 7 heteroatoms. The first kappa shape index (κ1) is 17.1. The number of halogens is 4. The first-order chi connectivity index (χ1) is 10.3. The van der Waals surface area contributed by atoms with E-state index < -0.39 is 11.7 Å². The van der Waals surface area contributed by atoms with E-state index in [1.807, 2.05) is 0 Å². The van der Waals surface area contributed by atoms with Crippen LogP contribution in [-0.4, -0.2) is 30.5 Å². The number of carbonyl (C=O) groups is 1. The Kier molecular flexibility index (Phi) is 5.36. The van der Waals surface area contributed by atoms with Crippen LogP contribution >= 0.6 is 15.9 Å². The lowest BCUT2D eigenvalue weighted by molar-refractivity contribution is -0.137. The molecule has 0 atom stereocenters. The molecule has 0 aliphatic carbocycles. The van der Waals surface area contributed by atoms with E-state index in [9.17, 15) is 18.0 Å². The Bertz CT molecular complexity index is 540. The molecule has 122 valence electrons. The Morgan fingerprint density at radius 1 is 1.36 bits per heavy atom. The molecule has 0 N–H and O–H groups in total. The third-order valence-electron chi connectivity index (χ3n) is 3.75. The molecule has 1 saturated heterocycles. The van der Waals surface area contributed by atoms with Crippen molar-refractivity contribution < 1.29 is 22.7 Å². The maximum atomic E-state index is 12.7. The van der Waals surface area contributed by atoms with Crippen molar-refractivity contribution in [2.75, 3.05) is 19.7 Å². The van der Waals surface area contributed by atoms with E-state index in [0.717, 1.165) is 25.0 Å². The number of rotatable bonds is 3. The van der Waals surface area contributed by atoms with Gasteiger partial charge in [-0.05, 0) is 52.9 Å². The minimum atomic E-state index is -4.44. The van der Waals surface area contributed by atoms with Crippen molar-refractivity contribution >= 4 is 21.8 Å². The van der Waals surface area contributed by atoms with Crippen molar-refractivity contribution in [3.63, 3.8) is 0 Å². The van der Waals surface area contributed by atoms with Crippen LogP contribution in [0.2, 0.25) is 0 Å². The predicted octanol–water partition coefficient (Wildman–Crippen LogP) is 4.11. The van der Waals surface area contributed by atoms with Gasteiger partial charge in [-0.3, -0.25) is 4.79 Å². The SMILES string of the molecule is CC1CCN(C(=O)COc2cc(C(F)(F)F)ccc2Br)CC1. The summed E-state index contributed by atoms with van der Waals surface area (Å²) in [6, 6.07) is 3.13. The van der Waals surface area contributed by atoms with Crippen molar-refractivity contribution in [3.05, 3.63) is 28.2 Å². The average Bonchev–Trinajstić information content (AvgIpc) is 2.45. The molecule has 2 rings (SSSR count). The molecule has 0 spiro atoms. The first-order valence-electron chi connectivity index (χ1n) is 7.04. The van der Waals surface area contributed by atoms with E-state index in [1.165, 1.54) is 6.07 Å². The molecule has 0 unspecified atom stereocenters. The molecular weight excluding hydrogens is 363 g/mol. The van der Waals surface area contributed by atoms with Gasteiger partial charge in [0.05, 0.1) is 10.0 Å². The zero-order valence-corrected chi connectivity index (χ0v) is 13.7. The Morgan fingerprint density at radius 2 is 2.00 bits per heavy atom. The number of likely N-dealkylation sites (tertiary alicyclic amines) is 1. The molecule has 1 fully saturated rings. The summed E-state index contributed by atoms with van der Waals surface area (Å²) >= 11 is 3.13. The number of benzene rings is 1. The standard InChI is InChI=1S/C15H17BrF3NO2/c1-10-4-6-20(7-5-10)14(21)9-22-13-8-11(15(17,18)19)2-3-12(13)16/h2-3,8,10H,4-7,9H2,1H3. The van der Waals surface area contributed by atoms with Crippen LogP contribution in [0, 0.1) is 5.92 Å². The minimum Gasteiger partial charge on any atom is -0.483 e. The highest BCUT2D eigenvalue weighted by atomic mass is 79.9. The van der Waals surface area contributed by atoms with E-state index in [1.54, 1.807) is 4.90 Å². The van der Waals surface area contributed by atoms with Gasteiger partial charge >= 0.3 is 6.18 Å². The fourth-order valence-corrected chi connectivity index (χ4v) is 2.64. The van der Waals surface area contributed by atoms with Gasteiger partial charge in [0.25, 0.3) is 5.91 Å². The maximum Gasteiger partial charge on any atom is 0.416 e. The van der Waals surface area contributed by atoms with Crippen LogP contribution in [0.5, 0.6) is 5.75 Å². The quantitative estimate of drug-likeness (QED) is 0.790. The van der Waals surface area contributed by atoms with Gasteiger partial charge in [0.2, 0.25) is 0 Å². The lowest BCUT2D eigenvalue weighted by Crippen LogP contribution is -2.40. The van der Waals surface area contributed by atoms with Gasteiger partial charge in [0, 0.05) is 13.1 Å². The van der Waals surface area contributed by atoms with Crippen LogP contribution in [0.25, 0.3) is 0 Å². The van der Waals surface area contributed by atoms with Crippen molar-refractivity contribution in [1.82, 2.24) is 4.90 Å². The number of hydrogen-bond acceptors (Lipinski definition) is 2. The third-order valence-corrected chi connectivity index (χ3v) is 4.40. The van der Waals surface area contributed by atoms with Crippen molar-refractivity contribution in [1.29, 1.82) is 0 Å². The third kappa shape index (κ3) is 4.38. The fraction of sp³-hybridized carbons (Fsp3) is 0.533. The molecule has 0 saturated carbocycles. The highest BCUT2D eigenvalue weighted by molar-refractivity contribution is 9.10. The van der Waals surface area contributed by atoms with Gasteiger partial charge in [0.1, 0.15) is 5.75 Å². The molecule has 0 bridgehead atoms. The number of nitrogens with zero attached hydrogens (tertiary/aromatic N) is 1. The zero-order chi connectivity index (χ0) is 16.3. The first-order valence-corrected chi connectivity index (χ1v) is 7.84. The van der Waals surface area contributed by atoms with Gasteiger partial charge in [-0.25, -0.2) is 0 Å². The maximum absolute atomic E-state index is 12.7. The molecular formula is C15H17BrF3NO2. The molecule has 1 aromatic carbocycles. The zero-order valence-electron chi connectivity index (χ0n) is 12.1. The summed E-state index contributed by atoms with van der Waals surface area (Å²) < 4.78 is 43.7. The fourth-order valence-electron chi connectivity index (χ4n) is 2.28. The molecule has 1 amide bonds. The lowest BCUT2D eigenvalue weighted by atomic mass is 9.99. The van der Waals surface area contributed by atoms with E-state index >= 15 is 0 Å². The minimum absolute atomic E-state index is 0.0218. The van der Waals surface area contributed by atoms with Crippen molar-refractivity contribution in [3.8, 4) is 5.75 Å². The van der Waals surface area contributed by atoms with Gasteiger partial charge in [-0.15, -0.1) is 0 Å². The van der Waals surface area contributed by atoms with E-state index in [-0.39, 0.29) is 18.3 Å². The van der Waals surface area contributed by atoms with E-state index in [4.69, 9.17) is 4.74 Å². The highest BCUT2D eigenvalue weighted by Crippen LogP contribution is 2.35. The molecule has 1 heterocycles. The second kappa shape index (κ2) is 6.89. The number of amides is 1. The summed E-state index contributed by atoms with van der Waals surface area (Å²) in [5, 5.41) is 0. The van der Waals surface area contributed by atoms with Crippen molar-refractivity contribution in [2.45, 2.75) is 25.9 Å². The molecule has 1 aliphatic heterocycles. The average molecular weight is 380 g/mol. The van der Waals surface area contributed by atoms with Crippen LogP contribution in [0.4, 0.5) is 13.2 Å². The summed E-state index contributed by atoms with van der Waals surface area (Å²) in [6.07, 6.45) is -2.55. The molecule has 3 nitrogen and oxygen atoms in total. The largest absolute Gasteiger partial charge is 0.483 e. The van der Waals surface area contributed by atoms with Crippen LogP contribution in [0.15, 0.2) is 22.7 Å². The van der Waals surface area contributed by atoms with E-state index in [0.29, 0.717) is 23.5 Å². The second-order valence-corrected chi connectivity index (χ2v) is 6.35. The lowest BCUT2D eigenvalue weighted by Gasteiger charge is -2.30. The van der Waals surface area contributed by atoms with Crippen LogP contribution in [0.1, 0.15) is 25.3 Å². The Hall–Kier alpha value is -1.24. The van der Waals surface area contributed by atoms with Gasteiger partial charge in [0.15, 0.2) is 6.61 Å². The monoisotopic (exact) mass is 379 g/mol. The molecule has 22 heavy (non-hydrogen) atoms. The van der Waals surface area contributed by atoms with E-state index in [2.05, 4.69) is 22.9 Å². The summed E-state index contributed by atoms with van der Waals surface area (Å²) in [5.74, 6) is 0.423. The second-order valence-electron chi connectivity index (χ2n) is 5.49. The Balaban J connectivity index is 1.97. The number of carbonyl (C=O) groups excluding carboxylic acids is 1. The predicted molar refractivity (Wildman–Crippen MR) is 79.6 cm³/mol. The van der Waals surface area contributed by atoms with Gasteiger partial charge < -0.3 is 9.64 Å². The molecule has 1 aliphatic rings. The summed E-state index contributed by atoms with van der Waals surface area (Å²) in [5.41, 5.74) is -0.801. The van der Waals surface area contributed by atoms with Crippen LogP contribution < -0.4 is 4.74 Å². The van der Waals surface area contributed by atoms with Crippen molar-refractivity contribution in [2.24, 2.45) is 5.92 Å². The van der Waals surface area contributed by atoms with Gasteiger partial charge in [-0.1, -0.05) is 6.92 Å². The van der Waals surface area contributed by atoms with Gasteiger partial charge in [-0.2, -0.15) is 13.2 Å². The normalized spacial score (nSPS) is 16.7.